The average molecular weight is 275 g/mol. The number of fused-ring (bicyclic) bond motifs is 1. The summed E-state index contributed by atoms with van der Waals surface area (Å²) in [5.74, 6) is -4.72. The van der Waals surface area contributed by atoms with E-state index in [9.17, 15) is 18.7 Å². The minimum Gasteiger partial charge on any atom is -0.462 e. The van der Waals surface area contributed by atoms with E-state index in [1.165, 1.54) is 6.92 Å². The van der Waals surface area contributed by atoms with Crippen LogP contribution in [0.1, 0.15) is 26.7 Å². The number of esters is 1. The molecule has 0 bridgehead atoms. The van der Waals surface area contributed by atoms with Crippen molar-refractivity contribution in [1.29, 1.82) is 0 Å². The molecule has 108 valence electrons. The molecule has 0 spiro atoms. The summed E-state index contributed by atoms with van der Waals surface area (Å²) < 4.78 is 33.5. The van der Waals surface area contributed by atoms with Gasteiger partial charge in [0.2, 0.25) is 0 Å². The van der Waals surface area contributed by atoms with Crippen LogP contribution in [0.15, 0.2) is 0 Å². The average Bonchev–Trinajstić information content (AvgIpc) is 2.50. The smallest absolute Gasteiger partial charge is 0.316 e. The number of ether oxygens (including phenoxy) is 1. The summed E-state index contributed by atoms with van der Waals surface area (Å²) in [6.07, 6.45) is -0.800. The zero-order valence-electron chi connectivity index (χ0n) is 11.1. The third-order valence-electron chi connectivity index (χ3n) is 5.37. The van der Waals surface area contributed by atoms with Gasteiger partial charge in [-0.3, -0.25) is 4.79 Å². The predicted molar refractivity (Wildman–Crippen MR) is 62.6 cm³/mol. The van der Waals surface area contributed by atoms with Crippen LogP contribution in [-0.4, -0.2) is 41.8 Å². The highest BCUT2D eigenvalue weighted by atomic mass is 19.3. The Morgan fingerprint density at radius 3 is 2.53 bits per heavy atom. The first-order chi connectivity index (χ1) is 8.73. The summed E-state index contributed by atoms with van der Waals surface area (Å²) in [6.45, 7) is 3.59. The van der Waals surface area contributed by atoms with Crippen molar-refractivity contribution < 1.29 is 23.4 Å². The van der Waals surface area contributed by atoms with Gasteiger partial charge in [-0.05, 0) is 13.3 Å². The van der Waals surface area contributed by atoms with E-state index in [2.05, 4.69) is 5.32 Å². The standard InChI is InChI=1S/C13H19F2NO3/c1-7-3-9-8(2)19-10(17)12(9,4-13(7,14)15)11(18)5-16-6-11/h7-9,16,18H,3-6H2,1-2H3. The van der Waals surface area contributed by atoms with Crippen LogP contribution in [0, 0.1) is 17.3 Å². The van der Waals surface area contributed by atoms with E-state index in [0.717, 1.165) is 0 Å². The predicted octanol–water partition coefficient (Wildman–Crippen LogP) is 0.934. The highest BCUT2D eigenvalue weighted by Gasteiger charge is 2.73. The molecule has 1 saturated carbocycles. The Bertz CT molecular complexity index is 424. The molecule has 19 heavy (non-hydrogen) atoms. The van der Waals surface area contributed by atoms with E-state index in [1.54, 1.807) is 6.92 Å². The quantitative estimate of drug-likeness (QED) is 0.699. The molecule has 2 heterocycles. The van der Waals surface area contributed by atoms with Gasteiger partial charge in [0.1, 0.15) is 17.1 Å². The van der Waals surface area contributed by atoms with E-state index in [4.69, 9.17) is 4.74 Å². The summed E-state index contributed by atoms with van der Waals surface area (Å²) in [7, 11) is 0. The number of rotatable bonds is 1. The second-order valence-corrected chi connectivity index (χ2v) is 6.40. The second kappa shape index (κ2) is 3.67. The molecular weight excluding hydrogens is 256 g/mol. The summed E-state index contributed by atoms with van der Waals surface area (Å²) in [5, 5.41) is 13.5. The number of aliphatic hydroxyl groups is 1. The lowest BCUT2D eigenvalue weighted by Crippen LogP contribution is -2.73. The molecule has 2 aliphatic heterocycles. The van der Waals surface area contributed by atoms with E-state index in [-0.39, 0.29) is 25.4 Å². The number of cyclic esters (lactones) is 1. The van der Waals surface area contributed by atoms with Gasteiger partial charge in [0.15, 0.2) is 0 Å². The maximum Gasteiger partial charge on any atom is 0.316 e. The third kappa shape index (κ3) is 1.47. The summed E-state index contributed by atoms with van der Waals surface area (Å²) in [6, 6.07) is 0. The molecule has 1 aliphatic carbocycles. The number of carbonyl (C=O) groups excluding carboxylic acids is 1. The number of β-amino-alcohol motifs (C(OH)–C–C–N with tert-alkyl or cyclic N) is 1. The molecule has 3 rings (SSSR count). The molecule has 4 unspecified atom stereocenters. The molecule has 4 atom stereocenters. The zero-order valence-corrected chi connectivity index (χ0v) is 11.1. The topological polar surface area (TPSA) is 58.6 Å². The highest BCUT2D eigenvalue weighted by molar-refractivity contribution is 5.82. The molecule has 3 aliphatic rings. The van der Waals surface area contributed by atoms with Gasteiger partial charge in [-0.15, -0.1) is 0 Å². The number of halogens is 2. The Labute approximate surface area is 110 Å². The highest BCUT2D eigenvalue weighted by Crippen LogP contribution is 2.61. The van der Waals surface area contributed by atoms with Crippen LogP contribution in [0.3, 0.4) is 0 Å². The maximum atomic E-state index is 14.1. The van der Waals surface area contributed by atoms with Gasteiger partial charge in [-0.2, -0.15) is 0 Å². The van der Waals surface area contributed by atoms with Gasteiger partial charge in [-0.1, -0.05) is 6.92 Å². The first-order valence-electron chi connectivity index (χ1n) is 6.75. The van der Waals surface area contributed by atoms with Crippen LogP contribution in [0.5, 0.6) is 0 Å². The molecule has 2 N–H and O–H groups in total. The molecule has 0 aromatic rings. The Morgan fingerprint density at radius 2 is 2.00 bits per heavy atom. The van der Waals surface area contributed by atoms with Crippen LogP contribution in [0.4, 0.5) is 8.78 Å². The first kappa shape index (κ1) is 13.2. The zero-order chi connectivity index (χ0) is 14.1. The van der Waals surface area contributed by atoms with Crippen LogP contribution in [0.25, 0.3) is 0 Å². The number of nitrogens with one attached hydrogen (secondary N) is 1. The monoisotopic (exact) mass is 275 g/mol. The third-order valence-corrected chi connectivity index (χ3v) is 5.37. The maximum absolute atomic E-state index is 14.1. The lowest BCUT2D eigenvalue weighted by molar-refractivity contribution is -0.216. The second-order valence-electron chi connectivity index (χ2n) is 6.40. The van der Waals surface area contributed by atoms with Crippen molar-refractivity contribution in [3.63, 3.8) is 0 Å². The molecule has 2 saturated heterocycles. The first-order valence-corrected chi connectivity index (χ1v) is 6.75. The number of hydrogen-bond donors (Lipinski definition) is 2. The van der Waals surface area contributed by atoms with E-state index in [0.29, 0.717) is 0 Å². The largest absolute Gasteiger partial charge is 0.462 e. The van der Waals surface area contributed by atoms with Crippen molar-refractivity contribution in [2.24, 2.45) is 17.3 Å². The van der Waals surface area contributed by atoms with Gasteiger partial charge >= 0.3 is 5.97 Å². The van der Waals surface area contributed by atoms with Crippen molar-refractivity contribution in [3.05, 3.63) is 0 Å². The molecular formula is C13H19F2NO3. The Balaban J connectivity index is 2.07. The van der Waals surface area contributed by atoms with Crippen LogP contribution >= 0.6 is 0 Å². The SMILES string of the molecule is CC1OC(=O)C2(C3(O)CNC3)CC(F)(F)C(C)CC12. The van der Waals surface area contributed by atoms with Crippen molar-refractivity contribution in [2.45, 2.75) is 44.3 Å². The Hall–Kier alpha value is -0.750. The summed E-state index contributed by atoms with van der Waals surface area (Å²) >= 11 is 0. The van der Waals surface area contributed by atoms with Gasteiger partial charge in [0, 0.05) is 31.3 Å². The Morgan fingerprint density at radius 1 is 1.37 bits per heavy atom. The van der Waals surface area contributed by atoms with E-state index < -0.39 is 41.4 Å². The van der Waals surface area contributed by atoms with Gasteiger partial charge in [-0.25, -0.2) is 8.78 Å². The molecule has 0 aromatic carbocycles. The fraction of sp³-hybridized carbons (Fsp3) is 0.923. The summed E-state index contributed by atoms with van der Waals surface area (Å²) in [5.41, 5.74) is -2.85. The lowest BCUT2D eigenvalue weighted by atomic mass is 9.53. The fourth-order valence-corrected chi connectivity index (χ4v) is 3.98. The van der Waals surface area contributed by atoms with E-state index in [1.807, 2.05) is 0 Å². The van der Waals surface area contributed by atoms with Gasteiger partial charge in [0.25, 0.3) is 5.92 Å². The number of alkyl halides is 2. The van der Waals surface area contributed by atoms with Crippen LogP contribution in [-0.2, 0) is 9.53 Å². The van der Waals surface area contributed by atoms with Crippen molar-refractivity contribution in [1.82, 2.24) is 5.32 Å². The minimum absolute atomic E-state index is 0.176. The summed E-state index contributed by atoms with van der Waals surface area (Å²) in [4.78, 5) is 12.2. The molecule has 0 amide bonds. The Kier molecular flexibility index (Phi) is 2.56. The molecule has 3 fully saturated rings. The van der Waals surface area contributed by atoms with Gasteiger partial charge < -0.3 is 15.2 Å². The molecule has 0 aromatic heterocycles. The van der Waals surface area contributed by atoms with Crippen molar-refractivity contribution >= 4 is 5.97 Å². The lowest BCUT2D eigenvalue weighted by Gasteiger charge is -2.55. The molecule has 6 heteroatoms. The molecule has 4 nitrogen and oxygen atoms in total. The number of hydrogen-bond acceptors (Lipinski definition) is 4. The molecule has 0 radical (unpaired) electrons. The van der Waals surface area contributed by atoms with Gasteiger partial charge in [0.05, 0.1) is 0 Å². The van der Waals surface area contributed by atoms with Crippen molar-refractivity contribution in [2.75, 3.05) is 13.1 Å². The van der Waals surface area contributed by atoms with Crippen LogP contribution < -0.4 is 5.32 Å². The number of carbonyl (C=O) groups is 1. The normalized spacial score (nSPS) is 47.2. The van der Waals surface area contributed by atoms with Crippen LogP contribution in [0.2, 0.25) is 0 Å². The van der Waals surface area contributed by atoms with Crippen molar-refractivity contribution in [3.8, 4) is 0 Å². The van der Waals surface area contributed by atoms with E-state index >= 15 is 0 Å². The minimum atomic E-state index is -2.94. The fourth-order valence-electron chi connectivity index (χ4n) is 3.98.